The highest BCUT2D eigenvalue weighted by Crippen LogP contribution is 2.19. The fourth-order valence-electron chi connectivity index (χ4n) is 2.74. The van der Waals surface area contributed by atoms with Crippen molar-refractivity contribution in [2.75, 3.05) is 13.2 Å². The summed E-state index contributed by atoms with van der Waals surface area (Å²) in [6.07, 6.45) is 1.26. The first-order valence-electron chi connectivity index (χ1n) is 8.30. The van der Waals surface area contributed by atoms with E-state index in [0.29, 0.717) is 31.8 Å². The summed E-state index contributed by atoms with van der Waals surface area (Å²) >= 11 is 0. The Kier molecular flexibility index (Phi) is 5.99. The maximum absolute atomic E-state index is 12.1. The van der Waals surface area contributed by atoms with Crippen LogP contribution < -0.4 is 0 Å². The number of carbonyl (C=O) groups excluding carboxylic acids is 1. The first kappa shape index (κ1) is 16.7. The van der Waals surface area contributed by atoms with E-state index in [9.17, 15) is 4.79 Å². The van der Waals surface area contributed by atoms with Gasteiger partial charge in [0.2, 0.25) is 0 Å². The van der Waals surface area contributed by atoms with E-state index < -0.39 is 0 Å². The van der Waals surface area contributed by atoms with E-state index >= 15 is 0 Å². The summed E-state index contributed by atoms with van der Waals surface area (Å²) in [6.45, 7) is 1.66. The van der Waals surface area contributed by atoms with Crippen molar-refractivity contribution in [3.63, 3.8) is 0 Å². The van der Waals surface area contributed by atoms with Crippen molar-refractivity contribution in [1.29, 1.82) is 0 Å². The van der Waals surface area contributed by atoms with Crippen LogP contribution in [0.15, 0.2) is 60.7 Å². The van der Waals surface area contributed by atoms with Crippen LogP contribution in [0.25, 0.3) is 0 Å². The van der Waals surface area contributed by atoms with E-state index in [-0.39, 0.29) is 18.2 Å². The zero-order valence-electron chi connectivity index (χ0n) is 13.6. The second-order valence-corrected chi connectivity index (χ2v) is 5.91. The Bertz CT molecular complexity index is 627. The largest absolute Gasteiger partial charge is 0.459 e. The maximum atomic E-state index is 12.1. The lowest BCUT2D eigenvalue weighted by molar-refractivity contribution is -0.0862. The van der Waals surface area contributed by atoms with Crippen molar-refractivity contribution in [3.8, 4) is 0 Å². The highest BCUT2D eigenvalue weighted by Gasteiger charge is 2.26. The average Bonchev–Trinajstić information content (AvgIpc) is 2.64. The van der Waals surface area contributed by atoms with Gasteiger partial charge in [0.1, 0.15) is 6.10 Å². The molecule has 0 saturated carbocycles. The third-order valence-electron chi connectivity index (χ3n) is 4.02. The van der Waals surface area contributed by atoms with E-state index in [2.05, 4.69) is 0 Å². The molecule has 126 valence electrons. The number of esters is 1. The Morgan fingerprint density at radius 1 is 1.04 bits per heavy atom. The van der Waals surface area contributed by atoms with Crippen molar-refractivity contribution in [2.45, 2.75) is 31.7 Å². The maximum Gasteiger partial charge on any atom is 0.338 e. The zero-order chi connectivity index (χ0) is 16.6. The molecule has 0 spiro atoms. The molecule has 1 heterocycles. The van der Waals surface area contributed by atoms with Gasteiger partial charge in [-0.1, -0.05) is 48.5 Å². The molecule has 0 bridgehead atoms. The van der Waals surface area contributed by atoms with Crippen LogP contribution in [0.5, 0.6) is 0 Å². The van der Waals surface area contributed by atoms with Crippen molar-refractivity contribution in [2.24, 2.45) is 0 Å². The molecule has 1 aliphatic rings. The van der Waals surface area contributed by atoms with Gasteiger partial charge in [0.25, 0.3) is 0 Å². The Hall–Kier alpha value is -2.17. The Morgan fingerprint density at radius 2 is 1.75 bits per heavy atom. The quantitative estimate of drug-likeness (QED) is 0.761. The van der Waals surface area contributed by atoms with Crippen LogP contribution in [0, 0.1) is 0 Å². The molecule has 1 fully saturated rings. The molecule has 3 rings (SSSR count). The van der Waals surface area contributed by atoms with Gasteiger partial charge in [0.15, 0.2) is 0 Å². The highest BCUT2D eigenvalue weighted by atomic mass is 16.6. The lowest BCUT2D eigenvalue weighted by Crippen LogP contribution is -2.35. The third-order valence-corrected chi connectivity index (χ3v) is 4.02. The molecule has 1 aliphatic heterocycles. The summed E-state index contributed by atoms with van der Waals surface area (Å²) in [4.78, 5) is 12.1. The van der Waals surface area contributed by atoms with Crippen LogP contribution in [0.2, 0.25) is 0 Å². The number of hydrogen-bond acceptors (Lipinski definition) is 4. The van der Waals surface area contributed by atoms with Crippen molar-refractivity contribution in [1.82, 2.24) is 0 Å². The van der Waals surface area contributed by atoms with Gasteiger partial charge in [0, 0.05) is 12.8 Å². The third kappa shape index (κ3) is 4.91. The second kappa shape index (κ2) is 8.62. The van der Waals surface area contributed by atoms with Gasteiger partial charge in [-0.2, -0.15) is 0 Å². The summed E-state index contributed by atoms with van der Waals surface area (Å²) in [7, 11) is 0. The normalized spacial score (nSPS) is 20.5. The zero-order valence-corrected chi connectivity index (χ0v) is 13.6. The molecule has 2 aromatic carbocycles. The molecule has 0 radical (unpaired) electrons. The van der Waals surface area contributed by atoms with Crippen LogP contribution in [-0.2, 0) is 20.8 Å². The summed E-state index contributed by atoms with van der Waals surface area (Å²) in [6, 6.07) is 19.1. The molecule has 0 aliphatic carbocycles. The van der Waals surface area contributed by atoms with E-state index in [4.69, 9.17) is 14.2 Å². The first-order valence-corrected chi connectivity index (χ1v) is 8.30. The van der Waals surface area contributed by atoms with Crippen molar-refractivity contribution >= 4 is 5.97 Å². The Balaban J connectivity index is 1.43. The monoisotopic (exact) mass is 326 g/mol. The van der Waals surface area contributed by atoms with Gasteiger partial charge in [-0.15, -0.1) is 0 Å². The van der Waals surface area contributed by atoms with E-state index in [0.717, 1.165) is 12.0 Å². The standard InChI is InChI=1S/C20H22O4/c21-20(17-9-5-2-6-10-17)24-18-11-12-23-19(13-18)15-22-14-16-7-3-1-4-8-16/h1-10,18-19H,11-15H2/t18-,19+/m0/s1. The fourth-order valence-corrected chi connectivity index (χ4v) is 2.74. The molecule has 0 aromatic heterocycles. The average molecular weight is 326 g/mol. The van der Waals surface area contributed by atoms with E-state index in [1.807, 2.05) is 48.5 Å². The van der Waals surface area contributed by atoms with Gasteiger partial charge in [-0.25, -0.2) is 4.79 Å². The molecule has 0 N–H and O–H groups in total. The molecule has 24 heavy (non-hydrogen) atoms. The number of hydrogen-bond donors (Lipinski definition) is 0. The van der Waals surface area contributed by atoms with Crippen molar-refractivity contribution < 1.29 is 19.0 Å². The van der Waals surface area contributed by atoms with Gasteiger partial charge in [-0.05, 0) is 17.7 Å². The molecule has 0 amide bonds. The van der Waals surface area contributed by atoms with E-state index in [1.165, 1.54) is 0 Å². The van der Waals surface area contributed by atoms with Gasteiger partial charge in [0.05, 0.1) is 31.5 Å². The topological polar surface area (TPSA) is 44.8 Å². The highest BCUT2D eigenvalue weighted by molar-refractivity contribution is 5.89. The van der Waals surface area contributed by atoms with Crippen LogP contribution >= 0.6 is 0 Å². The minimum Gasteiger partial charge on any atom is -0.459 e. The van der Waals surface area contributed by atoms with E-state index in [1.54, 1.807) is 12.1 Å². The second-order valence-electron chi connectivity index (χ2n) is 5.91. The number of carbonyl (C=O) groups is 1. The summed E-state index contributed by atoms with van der Waals surface area (Å²) in [5.74, 6) is -0.272. The minimum atomic E-state index is -0.272. The minimum absolute atomic E-state index is 0.0314. The lowest BCUT2D eigenvalue weighted by atomic mass is 10.1. The molecular weight excluding hydrogens is 304 g/mol. The summed E-state index contributed by atoms with van der Waals surface area (Å²) in [5, 5.41) is 0. The molecule has 2 atom stereocenters. The molecule has 4 heteroatoms. The predicted octanol–water partition coefficient (Wildman–Crippen LogP) is 3.61. The molecule has 1 saturated heterocycles. The number of rotatable bonds is 6. The molecular formula is C20H22O4. The predicted molar refractivity (Wildman–Crippen MR) is 90.7 cm³/mol. The summed E-state index contributed by atoms with van der Waals surface area (Å²) in [5.41, 5.74) is 1.72. The van der Waals surface area contributed by atoms with Gasteiger partial charge in [-0.3, -0.25) is 0 Å². The SMILES string of the molecule is O=C(O[C@H]1CCO[C@@H](COCc2ccccc2)C1)c1ccccc1. The van der Waals surface area contributed by atoms with Crippen LogP contribution in [0.3, 0.4) is 0 Å². The molecule has 2 aromatic rings. The van der Waals surface area contributed by atoms with Crippen LogP contribution in [0.4, 0.5) is 0 Å². The summed E-state index contributed by atoms with van der Waals surface area (Å²) < 4.78 is 17.0. The van der Waals surface area contributed by atoms with Gasteiger partial charge < -0.3 is 14.2 Å². The number of benzene rings is 2. The van der Waals surface area contributed by atoms with Gasteiger partial charge >= 0.3 is 5.97 Å². The smallest absolute Gasteiger partial charge is 0.338 e. The lowest BCUT2D eigenvalue weighted by Gasteiger charge is -2.29. The Labute approximate surface area is 142 Å². The van der Waals surface area contributed by atoms with Crippen LogP contribution in [-0.4, -0.2) is 31.4 Å². The van der Waals surface area contributed by atoms with Crippen molar-refractivity contribution in [3.05, 3.63) is 71.8 Å². The van der Waals surface area contributed by atoms with Crippen LogP contribution in [0.1, 0.15) is 28.8 Å². The fraction of sp³-hybridized carbons (Fsp3) is 0.350. The first-order chi connectivity index (χ1) is 11.8. The Morgan fingerprint density at radius 3 is 2.50 bits per heavy atom. The molecule has 4 nitrogen and oxygen atoms in total. The molecule has 0 unspecified atom stereocenters. The number of ether oxygens (including phenoxy) is 3.